The first-order chi connectivity index (χ1) is 14.5. The number of hydrogen-bond donors (Lipinski definition) is 1. The van der Waals surface area contributed by atoms with Crippen LogP contribution in [0.15, 0.2) is 78.9 Å². The first kappa shape index (κ1) is 20.9. The van der Waals surface area contributed by atoms with Crippen molar-refractivity contribution in [3.05, 3.63) is 84.4 Å². The predicted octanol–water partition coefficient (Wildman–Crippen LogP) is 4.38. The number of ether oxygens (including phenoxy) is 2. The van der Waals surface area contributed by atoms with Gasteiger partial charge in [-0.2, -0.15) is 0 Å². The van der Waals surface area contributed by atoms with Gasteiger partial charge in [0.1, 0.15) is 0 Å². The van der Waals surface area contributed by atoms with Crippen LogP contribution in [-0.4, -0.2) is 32.1 Å². The van der Waals surface area contributed by atoms with E-state index >= 15 is 0 Å². The Hall–Kier alpha value is -3.80. The summed E-state index contributed by atoms with van der Waals surface area (Å²) < 4.78 is 11.0. The molecule has 6 heteroatoms. The lowest BCUT2D eigenvalue weighted by Crippen LogP contribution is -2.30. The molecule has 0 aliphatic carbocycles. The van der Waals surface area contributed by atoms with Gasteiger partial charge in [0.25, 0.3) is 11.8 Å². The fourth-order valence-corrected chi connectivity index (χ4v) is 2.86. The van der Waals surface area contributed by atoms with E-state index in [2.05, 4.69) is 5.32 Å². The van der Waals surface area contributed by atoms with Gasteiger partial charge in [0.15, 0.2) is 17.6 Å². The van der Waals surface area contributed by atoms with Crippen molar-refractivity contribution in [1.29, 1.82) is 0 Å². The van der Waals surface area contributed by atoms with Gasteiger partial charge < -0.3 is 19.7 Å². The Morgan fingerprint density at radius 3 is 2.10 bits per heavy atom. The molecule has 30 heavy (non-hydrogen) atoms. The van der Waals surface area contributed by atoms with Crippen LogP contribution in [0.5, 0.6) is 11.5 Å². The van der Waals surface area contributed by atoms with Crippen LogP contribution in [0.25, 0.3) is 0 Å². The van der Waals surface area contributed by atoms with Gasteiger partial charge in [-0.25, -0.2) is 0 Å². The molecule has 3 aromatic carbocycles. The summed E-state index contributed by atoms with van der Waals surface area (Å²) in [6, 6.07) is 23.3. The largest absolute Gasteiger partial charge is 0.493 e. The molecule has 0 aromatic heterocycles. The summed E-state index contributed by atoms with van der Waals surface area (Å²) in [6.45, 7) is 1.66. The first-order valence-corrected chi connectivity index (χ1v) is 9.53. The zero-order chi connectivity index (χ0) is 21.5. The van der Waals surface area contributed by atoms with Crippen LogP contribution in [-0.2, 0) is 4.79 Å². The summed E-state index contributed by atoms with van der Waals surface area (Å²) in [5.41, 5.74) is 1.91. The van der Waals surface area contributed by atoms with Gasteiger partial charge in [0.05, 0.1) is 7.11 Å². The average molecular weight is 404 g/mol. The number of carbonyl (C=O) groups excluding carboxylic acids is 2. The fraction of sp³-hybridized carbons (Fsp3) is 0.167. The summed E-state index contributed by atoms with van der Waals surface area (Å²) >= 11 is 0. The highest BCUT2D eigenvalue weighted by molar-refractivity contribution is 6.06. The first-order valence-electron chi connectivity index (χ1n) is 9.53. The van der Waals surface area contributed by atoms with E-state index in [0.717, 1.165) is 5.69 Å². The lowest BCUT2D eigenvalue weighted by Gasteiger charge is -2.18. The molecule has 6 nitrogen and oxygen atoms in total. The number of rotatable bonds is 7. The maximum atomic E-state index is 12.7. The Bertz CT molecular complexity index is 1000. The number of amides is 2. The maximum Gasteiger partial charge on any atom is 0.265 e. The minimum Gasteiger partial charge on any atom is -0.493 e. The zero-order valence-corrected chi connectivity index (χ0v) is 17.2. The van der Waals surface area contributed by atoms with E-state index in [1.165, 1.54) is 0 Å². The van der Waals surface area contributed by atoms with E-state index in [0.29, 0.717) is 22.7 Å². The zero-order valence-electron chi connectivity index (χ0n) is 17.2. The van der Waals surface area contributed by atoms with E-state index in [-0.39, 0.29) is 11.8 Å². The third-order valence-electron chi connectivity index (χ3n) is 4.59. The molecular formula is C24H24N2O4. The number of nitrogens with one attached hydrogen (secondary N) is 1. The lowest BCUT2D eigenvalue weighted by atomic mass is 10.1. The lowest BCUT2D eigenvalue weighted by molar-refractivity contribution is -0.122. The normalized spacial score (nSPS) is 11.3. The van der Waals surface area contributed by atoms with Gasteiger partial charge in [-0.15, -0.1) is 0 Å². The third-order valence-corrected chi connectivity index (χ3v) is 4.59. The topological polar surface area (TPSA) is 67.9 Å². The average Bonchev–Trinajstić information content (AvgIpc) is 2.79. The van der Waals surface area contributed by atoms with E-state index in [9.17, 15) is 9.59 Å². The van der Waals surface area contributed by atoms with Gasteiger partial charge in [0.2, 0.25) is 0 Å². The number of benzene rings is 3. The second-order valence-corrected chi connectivity index (χ2v) is 6.68. The van der Waals surface area contributed by atoms with Crippen molar-refractivity contribution in [1.82, 2.24) is 0 Å². The maximum absolute atomic E-state index is 12.7. The standard InChI is InChI=1S/C24H24N2O4/c1-17(30-22-12-8-7-11-21(22)29-3)23(27)25-19-15-13-18(14-16-19)24(28)26(2)20-9-5-4-6-10-20/h4-17H,1-3H3,(H,25,27). The molecule has 3 rings (SSSR count). The minimum atomic E-state index is -0.730. The van der Waals surface area contributed by atoms with E-state index in [1.807, 2.05) is 42.5 Å². The predicted molar refractivity (Wildman–Crippen MR) is 117 cm³/mol. The molecule has 0 saturated heterocycles. The summed E-state index contributed by atoms with van der Waals surface area (Å²) in [5, 5.41) is 2.80. The van der Waals surface area contributed by atoms with Crippen molar-refractivity contribution < 1.29 is 19.1 Å². The van der Waals surface area contributed by atoms with Crippen LogP contribution in [0, 0.1) is 0 Å². The minimum absolute atomic E-state index is 0.132. The molecule has 0 saturated carbocycles. The molecule has 3 aromatic rings. The molecule has 0 radical (unpaired) electrons. The number of anilines is 2. The highest BCUT2D eigenvalue weighted by Crippen LogP contribution is 2.27. The van der Waals surface area contributed by atoms with Crippen molar-refractivity contribution in [3.63, 3.8) is 0 Å². The number of hydrogen-bond acceptors (Lipinski definition) is 4. The Morgan fingerprint density at radius 1 is 0.867 bits per heavy atom. The highest BCUT2D eigenvalue weighted by Gasteiger charge is 2.18. The Labute approximate surface area is 176 Å². The fourth-order valence-electron chi connectivity index (χ4n) is 2.86. The van der Waals surface area contributed by atoms with Crippen molar-refractivity contribution in [2.24, 2.45) is 0 Å². The molecule has 1 atom stereocenters. The van der Waals surface area contributed by atoms with Crippen LogP contribution in [0.3, 0.4) is 0 Å². The Morgan fingerprint density at radius 2 is 1.47 bits per heavy atom. The second kappa shape index (κ2) is 9.60. The molecule has 0 bridgehead atoms. The highest BCUT2D eigenvalue weighted by atomic mass is 16.5. The molecule has 154 valence electrons. The van der Waals surface area contributed by atoms with Crippen LogP contribution in [0.2, 0.25) is 0 Å². The molecule has 0 aliphatic rings. The van der Waals surface area contributed by atoms with Crippen molar-refractivity contribution >= 4 is 23.2 Å². The number of carbonyl (C=O) groups is 2. The molecule has 1 N–H and O–H groups in total. The summed E-state index contributed by atoms with van der Waals surface area (Å²) in [4.78, 5) is 26.7. The van der Waals surface area contributed by atoms with Crippen molar-refractivity contribution in [2.45, 2.75) is 13.0 Å². The van der Waals surface area contributed by atoms with Crippen LogP contribution in [0.4, 0.5) is 11.4 Å². The summed E-state index contributed by atoms with van der Waals surface area (Å²) in [7, 11) is 3.27. The number of para-hydroxylation sites is 3. The van der Waals surface area contributed by atoms with E-state index in [1.54, 1.807) is 62.4 Å². The molecule has 0 aliphatic heterocycles. The SMILES string of the molecule is COc1ccccc1OC(C)C(=O)Nc1ccc(C(=O)N(C)c2ccccc2)cc1. The summed E-state index contributed by atoms with van der Waals surface area (Å²) in [6.07, 6.45) is -0.730. The number of methoxy groups -OCH3 is 1. The van der Waals surface area contributed by atoms with Crippen molar-refractivity contribution in [2.75, 3.05) is 24.4 Å². The van der Waals surface area contributed by atoms with E-state index in [4.69, 9.17) is 9.47 Å². The van der Waals surface area contributed by atoms with Gasteiger partial charge >= 0.3 is 0 Å². The quantitative estimate of drug-likeness (QED) is 0.635. The van der Waals surface area contributed by atoms with Gasteiger partial charge in [-0.1, -0.05) is 30.3 Å². The van der Waals surface area contributed by atoms with E-state index < -0.39 is 6.10 Å². The van der Waals surface area contributed by atoms with Gasteiger partial charge in [-0.3, -0.25) is 9.59 Å². The number of nitrogens with zero attached hydrogens (tertiary/aromatic N) is 1. The van der Waals surface area contributed by atoms with Gasteiger partial charge in [-0.05, 0) is 55.5 Å². The molecule has 0 fully saturated rings. The molecule has 0 spiro atoms. The third kappa shape index (κ3) is 4.97. The van der Waals surface area contributed by atoms with Gasteiger partial charge in [0, 0.05) is 24.0 Å². The summed E-state index contributed by atoms with van der Waals surface area (Å²) in [5.74, 6) is 0.614. The van der Waals surface area contributed by atoms with Crippen molar-refractivity contribution in [3.8, 4) is 11.5 Å². The monoisotopic (exact) mass is 404 g/mol. The smallest absolute Gasteiger partial charge is 0.265 e. The molecule has 1 unspecified atom stereocenters. The Kier molecular flexibility index (Phi) is 6.70. The Balaban J connectivity index is 1.62. The van der Waals surface area contributed by atoms with Crippen LogP contribution in [0.1, 0.15) is 17.3 Å². The van der Waals surface area contributed by atoms with Crippen LogP contribution < -0.4 is 19.7 Å². The molecule has 0 heterocycles. The second-order valence-electron chi connectivity index (χ2n) is 6.68. The molecule has 2 amide bonds. The molecular weight excluding hydrogens is 380 g/mol. The van der Waals surface area contributed by atoms with Crippen LogP contribution >= 0.6 is 0 Å².